The van der Waals surface area contributed by atoms with Crippen molar-refractivity contribution in [2.75, 3.05) is 5.32 Å². The van der Waals surface area contributed by atoms with Crippen molar-refractivity contribution in [1.82, 2.24) is 0 Å². The van der Waals surface area contributed by atoms with Crippen LogP contribution in [0.3, 0.4) is 0 Å². The van der Waals surface area contributed by atoms with Gasteiger partial charge in [-0.15, -0.1) is 0 Å². The van der Waals surface area contributed by atoms with Crippen LogP contribution in [0.1, 0.15) is 6.92 Å². The molecule has 0 aliphatic rings. The summed E-state index contributed by atoms with van der Waals surface area (Å²) in [6, 6.07) is 5.34. The molecule has 0 aliphatic heterocycles. The largest absolute Gasteiger partial charge is 1.00 e. The Morgan fingerprint density at radius 3 is 2.53 bits per heavy atom. The molecule has 0 bridgehead atoms. The maximum Gasteiger partial charge on any atom is 1.00 e. The van der Waals surface area contributed by atoms with Crippen molar-refractivity contribution in [2.45, 2.75) is 12.3 Å². The number of rotatable bonds is 4. The summed E-state index contributed by atoms with van der Waals surface area (Å²) in [5.74, 6) is 0. The van der Waals surface area contributed by atoms with Crippen molar-refractivity contribution < 1.29 is 47.5 Å². The first kappa shape index (κ1) is 16.3. The molecule has 17 heavy (non-hydrogen) atoms. The third-order valence-corrected chi connectivity index (χ3v) is 2.89. The Morgan fingerprint density at radius 1 is 1.47 bits per heavy atom. The molecule has 9 heteroatoms. The molecule has 0 heterocycles. The Morgan fingerprint density at radius 2 is 2.06 bits per heavy atom. The van der Waals surface area contributed by atoms with Gasteiger partial charge in [-0.25, -0.2) is 0 Å². The van der Waals surface area contributed by atoms with Crippen molar-refractivity contribution >= 4 is 21.5 Å². The number of benzene rings is 1. The first-order valence-corrected chi connectivity index (χ1v) is 5.78. The molecule has 1 aromatic carbocycles. The second-order valence-electron chi connectivity index (χ2n) is 3.11. The van der Waals surface area contributed by atoms with Crippen LogP contribution in [0.2, 0.25) is 0 Å². The minimum Gasteiger partial charge on any atom is -0.367 e. The maximum atomic E-state index is 10.7. The van der Waals surface area contributed by atoms with E-state index in [4.69, 9.17) is 4.55 Å². The number of anilines is 1. The van der Waals surface area contributed by atoms with Crippen molar-refractivity contribution in [3.8, 4) is 0 Å². The van der Waals surface area contributed by atoms with Crippen molar-refractivity contribution in [3.05, 3.63) is 34.4 Å². The number of hydrogen-bond donors (Lipinski definition) is 2. The summed E-state index contributed by atoms with van der Waals surface area (Å²) in [7, 11) is -4.22. The van der Waals surface area contributed by atoms with E-state index in [0.717, 1.165) is 0 Å². The SMILES string of the molecule is CC(Nc1cccc([N+](=O)[O-])c1)S(=O)(=O)O.[Na+]. The Bertz CT molecular complexity index is 504. The molecule has 2 N–H and O–H groups in total. The van der Waals surface area contributed by atoms with Gasteiger partial charge in [0.15, 0.2) is 5.37 Å². The number of nitro groups is 1. The monoisotopic (exact) mass is 269 g/mol. The van der Waals surface area contributed by atoms with Gasteiger partial charge in [0.05, 0.1) is 4.92 Å². The fourth-order valence-corrected chi connectivity index (χ4v) is 1.30. The van der Waals surface area contributed by atoms with E-state index in [-0.39, 0.29) is 40.9 Å². The van der Waals surface area contributed by atoms with Crippen LogP contribution in [0.25, 0.3) is 0 Å². The zero-order chi connectivity index (χ0) is 12.3. The normalized spacial score (nSPS) is 12.4. The molecule has 0 spiro atoms. The second kappa shape index (κ2) is 6.31. The molecule has 1 atom stereocenters. The van der Waals surface area contributed by atoms with Gasteiger partial charge in [0.2, 0.25) is 0 Å². The van der Waals surface area contributed by atoms with Crippen LogP contribution in [0, 0.1) is 10.1 Å². The van der Waals surface area contributed by atoms with E-state index in [9.17, 15) is 18.5 Å². The van der Waals surface area contributed by atoms with Crippen LogP contribution in [0.15, 0.2) is 24.3 Å². The minimum absolute atomic E-state index is 0. The molecule has 7 nitrogen and oxygen atoms in total. The van der Waals surface area contributed by atoms with Crippen LogP contribution in [-0.4, -0.2) is 23.3 Å². The second-order valence-corrected chi connectivity index (χ2v) is 4.85. The summed E-state index contributed by atoms with van der Waals surface area (Å²) in [5.41, 5.74) is 0.0897. The molecule has 0 aromatic heterocycles. The van der Waals surface area contributed by atoms with Gasteiger partial charge in [0, 0.05) is 17.8 Å². The average Bonchev–Trinajstić information content (AvgIpc) is 2.16. The molecule has 1 unspecified atom stereocenters. The first-order chi connectivity index (χ1) is 7.30. The van der Waals surface area contributed by atoms with E-state index in [1.807, 2.05) is 0 Å². The summed E-state index contributed by atoms with van der Waals surface area (Å²) in [6.45, 7) is 1.23. The average molecular weight is 269 g/mol. The third-order valence-electron chi connectivity index (χ3n) is 1.87. The first-order valence-electron chi connectivity index (χ1n) is 4.28. The summed E-state index contributed by atoms with van der Waals surface area (Å²) in [6.07, 6.45) is 0. The summed E-state index contributed by atoms with van der Waals surface area (Å²) in [4.78, 5) is 9.85. The quantitative estimate of drug-likeness (QED) is 0.290. The van der Waals surface area contributed by atoms with E-state index in [1.165, 1.54) is 31.2 Å². The van der Waals surface area contributed by atoms with Gasteiger partial charge in [0.1, 0.15) is 0 Å². The predicted molar refractivity (Wildman–Crippen MR) is 57.7 cm³/mol. The van der Waals surface area contributed by atoms with Gasteiger partial charge in [-0.3, -0.25) is 14.7 Å². The van der Waals surface area contributed by atoms with Crippen LogP contribution in [0.5, 0.6) is 0 Å². The number of hydrogen-bond acceptors (Lipinski definition) is 5. The Kier molecular flexibility index (Phi) is 6.06. The Hall–Kier alpha value is -0.670. The van der Waals surface area contributed by atoms with E-state index in [2.05, 4.69) is 5.32 Å². The summed E-state index contributed by atoms with van der Waals surface area (Å²) in [5, 5.41) is 11.7. The van der Waals surface area contributed by atoms with Crippen LogP contribution < -0.4 is 34.9 Å². The maximum absolute atomic E-state index is 10.7. The Labute approximate surface area is 120 Å². The molecular weight excluding hydrogens is 259 g/mol. The van der Waals surface area contributed by atoms with Crippen LogP contribution in [-0.2, 0) is 10.1 Å². The molecule has 0 fully saturated rings. The fraction of sp³-hybridized carbons (Fsp3) is 0.250. The molecule has 0 saturated carbocycles. The molecule has 0 saturated heterocycles. The van der Waals surface area contributed by atoms with Gasteiger partial charge >= 0.3 is 29.6 Å². The topological polar surface area (TPSA) is 110 Å². The van der Waals surface area contributed by atoms with Crippen molar-refractivity contribution in [2.24, 2.45) is 0 Å². The van der Waals surface area contributed by atoms with Gasteiger partial charge in [0.25, 0.3) is 15.8 Å². The Balaban J connectivity index is 0.00000256. The zero-order valence-corrected chi connectivity index (χ0v) is 12.1. The van der Waals surface area contributed by atoms with E-state index >= 15 is 0 Å². The number of nitro benzene ring substituents is 1. The summed E-state index contributed by atoms with van der Waals surface area (Å²) < 4.78 is 30.1. The zero-order valence-electron chi connectivity index (χ0n) is 9.32. The number of non-ortho nitro benzene ring substituents is 1. The molecule has 1 aromatic rings. The molecule has 0 amide bonds. The summed E-state index contributed by atoms with van der Waals surface area (Å²) >= 11 is 0. The van der Waals surface area contributed by atoms with Crippen molar-refractivity contribution in [1.29, 1.82) is 0 Å². The van der Waals surface area contributed by atoms with Crippen LogP contribution in [0.4, 0.5) is 11.4 Å². The van der Waals surface area contributed by atoms with Gasteiger partial charge in [-0.05, 0) is 13.0 Å². The standard InChI is InChI=1S/C8H10N2O5S.Na/c1-6(16(13,14)15)9-7-3-2-4-8(5-7)10(11)12;/h2-6,9H,1H3,(H,13,14,15);/q;+1. The van der Waals surface area contributed by atoms with Gasteiger partial charge in [-0.1, -0.05) is 6.07 Å². The van der Waals surface area contributed by atoms with Gasteiger partial charge in [-0.2, -0.15) is 8.42 Å². The van der Waals surface area contributed by atoms with E-state index < -0.39 is 20.4 Å². The minimum atomic E-state index is -4.22. The van der Waals surface area contributed by atoms with E-state index in [1.54, 1.807) is 0 Å². The van der Waals surface area contributed by atoms with E-state index in [0.29, 0.717) is 0 Å². The number of nitrogens with zero attached hydrogens (tertiary/aromatic N) is 1. The third kappa shape index (κ3) is 5.00. The predicted octanol–water partition coefficient (Wildman–Crippen LogP) is -1.76. The molecule has 1 rings (SSSR count). The molecule has 88 valence electrons. The fourth-order valence-electron chi connectivity index (χ4n) is 1.02. The molecule has 0 radical (unpaired) electrons. The smallest absolute Gasteiger partial charge is 0.367 e. The number of nitrogens with one attached hydrogen (secondary N) is 1. The molecule has 0 aliphatic carbocycles. The van der Waals surface area contributed by atoms with Gasteiger partial charge < -0.3 is 5.32 Å². The molecular formula is C8H10N2NaO5S+. The van der Waals surface area contributed by atoms with Crippen molar-refractivity contribution in [3.63, 3.8) is 0 Å². The van der Waals surface area contributed by atoms with Crippen LogP contribution >= 0.6 is 0 Å².